The molecule has 2 atom stereocenters. The molecule has 2 aliphatic heterocycles. The van der Waals surface area contributed by atoms with Crippen LogP contribution in [0.2, 0.25) is 0 Å². The van der Waals surface area contributed by atoms with Crippen LogP contribution in [-0.2, 0) is 0 Å². The van der Waals surface area contributed by atoms with E-state index in [1.54, 1.807) is 0 Å². The van der Waals surface area contributed by atoms with Crippen LogP contribution in [-0.4, -0.2) is 23.6 Å². The lowest BCUT2D eigenvalue weighted by atomic mass is 10.1. The van der Waals surface area contributed by atoms with E-state index in [2.05, 4.69) is 16.0 Å². The van der Waals surface area contributed by atoms with Gasteiger partial charge in [0.05, 0.1) is 5.22 Å². The zero-order chi connectivity index (χ0) is 6.97. The van der Waals surface area contributed by atoms with E-state index < -0.39 is 0 Å². The monoisotopic (exact) mass is 142 g/mol. The van der Waals surface area contributed by atoms with Gasteiger partial charge in [0.15, 0.2) is 6.04 Å². The average Bonchev–Trinajstić information content (AvgIpc) is 2.34. The van der Waals surface area contributed by atoms with Crippen molar-refractivity contribution < 1.29 is 4.86 Å². The first-order chi connectivity index (χ1) is 4.88. The van der Waals surface area contributed by atoms with Crippen LogP contribution in [0.3, 0.4) is 0 Å². The quantitative estimate of drug-likeness (QED) is 0.355. The summed E-state index contributed by atoms with van der Waals surface area (Å²) in [5, 5.41) is 17.6. The zero-order valence-corrected chi connectivity index (χ0v) is 5.58. The summed E-state index contributed by atoms with van der Waals surface area (Å²) in [5.74, 6) is 0. The van der Waals surface area contributed by atoms with Gasteiger partial charge in [-0.3, -0.25) is 5.32 Å². The van der Waals surface area contributed by atoms with E-state index in [0.717, 1.165) is 24.2 Å². The highest BCUT2D eigenvalue weighted by molar-refractivity contribution is 4.79. The molecule has 5 nitrogen and oxygen atoms in total. The number of hydrogen-bond donors (Lipinski definition) is 2. The van der Waals surface area contributed by atoms with Crippen LogP contribution >= 0.6 is 0 Å². The molecule has 0 amide bonds. The van der Waals surface area contributed by atoms with E-state index in [9.17, 15) is 5.21 Å². The van der Waals surface area contributed by atoms with Gasteiger partial charge in [-0.1, -0.05) is 0 Å². The molecule has 1 fully saturated rings. The van der Waals surface area contributed by atoms with Crippen LogP contribution in [0.5, 0.6) is 0 Å². The lowest BCUT2D eigenvalue weighted by molar-refractivity contribution is -0.557. The third-order valence-electron chi connectivity index (χ3n) is 2.00. The van der Waals surface area contributed by atoms with E-state index in [1.165, 1.54) is 0 Å². The van der Waals surface area contributed by atoms with Crippen molar-refractivity contribution in [3.63, 3.8) is 0 Å². The van der Waals surface area contributed by atoms with Gasteiger partial charge in [0, 0.05) is 0 Å². The zero-order valence-electron chi connectivity index (χ0n) is 5.58. The van der Waals surface area contributed by atoms with Gasteiger partial charge >= 0.3 is 0 Å². The second kappa shape index (κ2) is 2.09. The lowest BCUT2D eigenvalue weighted by Crippen LogP contribution is -2.50. The third-order valence-corrected chi connectivity index (χ3v) is 2.00. The van der Waals surface area contributed by atoms with Gasteiger partial charge < -0.3 is 5.21 Å². The predicted octanol–water partition coefficient (Wildman–Crippen LogP) is -0.455. The fourth-order valence-electron chi connectivity index (χ4n) is 1.43. The average molecular weight is 142 g/mol. The molecule has 2 aliphatic rings. The number of nitrogens with zero attached hydrogens (tertiary/aromatic N) is 2. The molecule has 0 radical (unpaired) electrons. The largest absolute Gasteiger partial charge is 0.695 e. The third kappa shape index (κ3) is 0.740. The van der Waals surface area contributed by atoms with Crippen LogP contribution in [0, 0.1) is 5.21 Å². The molecule has 0 aromatic carbocycles. The van der Waals surface area contributed by atoms with E-state index in [4.69, 9.17) is 0 Å². The Kier molecular flexibility index (Phi) is 1.23. The molecule has 1 saturated heterocycles. The van der Waals surface area contributed by atoms with Crippen LogP contribution in [0.15, 0.2) is 5.22 Å². The SMILES string of the molecule is [O-][N+]1=NNC2NCCCC21. The van der Waals surface area contributed by atoms with Gasteiger partial charge in [-0.05, 0) is 19.4 Å². The topological polar surface area (TPSA) is 62.5 Å². The Morgan fingerprint density at radius 1 is 1.60 bits per heavy atom. The minimum Gasteiger partial charge on any atom is -0.695 e. The van der Waals surface area contributed by atoms with E-state index in [-0.39, 0.29) is 12.2 Å². The molecule has 5 heteroatoms. The summed E-state index contributed by atoms with van der Waals surface area (Å²) in [5.41, 5.74) is 2.74. The Bertz CT molecular complexity index is 169. The van der Waals surface area contributed by atoms with E-state index in [0.29, 0.717) is 0 Å². The number of piperidine rings is 1. The van der Waals surface area contributed by atoms with Gasteiger partial charge in [-0.25, -0.2) is 0 Å². The molecule has 0 spiro atoms. The highest BCUT2D eigenvalue weighted by Crippen LogP contribution is 2.13. The van der Waals surface area contributed by atoms with Crippen molar-refractivity contribution in [2.75, 3.05) is 6.54 Å². The molecule has 0 aromatic rings. The van der Waals surface area contributed by atoms with Crippen LogP contribution in [0.4, 0.5) is 0 Å². The van der Waals surface area contributed by atoms with Gasteiger partial charge in [0.25, 0.3) is 0 Å². The summed E-state index contributed by atoms with van der Waals surface area (Å²) in [7, 11) is 0. The summed E-state index contributed by atoms with van der Waals surface area (Å²) in [6, 6.07) is 0.0220. The van der Waals surface area contributed by atoms with Crippen LogP contribution < -0.4 is 10.7 Å². The smallest absolute Gasteiger partial charge is 0.209 e. The predicted molar refractivity (Wildman–Crippen MR) is 34.0 cm³/mol. The Balaban J connectivity index is 2.08. The fraction of sp³-hybridized carbons (Fsp3) is 1.00. The van der Waals surface area contributed by atoms with E-state index >= 15 is 0 Å². The Hall–Kier alpha value is -0.840. The molecular weight excluding hydrogens is 132 g/mol. The molecule has 2 N–H and O–H groups in total. The summed E-state index contributed by atoms with van der Waals surface area (Å²) >= 11 is 0. The molecule has 56 valence electrons. The molecular formula is C5H10N4O. The van der Waals surface area contributed by atoms with Crippen molar-refractivity contribution in [2.45, 2.75) is 25.0 Å². The number of rotatable bonds is 0. The number of nitrogens with one attached hydrogen (secondary N) is 2. The van der Waals surface area contributed by atoms with Gasteiger partial charge in [0.1, 0.15) is 0 Å². The first-order valence-electron chi connectivity index (χ1n) is 3.54. The first-order valence-corrected chi connectivity index (χ1v) is 3.54. The van der Waals surface area contributed by atoms with Crippen LogP contribution in [0.1, 0.15) is 12.8 Å². The Morgan fingerprint density at radius 3 is 3.30 bits per heavy atom. The standard InChI is InChI=1S/C5H10N4O/c10-9-4-2-1-3-6-5(4)7-8-9/h4-7H,1-3H2. The van der Waals surface area contributed by atoms with Crippen molar-refractivity contribution in [2.24, 2.45) is 5.22 Å². The molecule has 0 aliphatic carbocycles. The number of hydrogen-bond acceptors (Lipinski definition) is 4. The number of fused-ring (bicyclic) bond motifs is 1. The van der Waals surface area contributed by atoms with Crippen molar-refractivity contribution in [3.05, 3.63) is 5.21 Å². The van der Waals surface area contributed by atoms with Gasteiger partial charge in [0.2, 0.25) is 6.17 Å². The first kappa shape index (κ1) is 5.91. The molecule has 10 heavy (non-hydrogen) atoms. The highest BCUT2D eigenvalue weighted by atomic mass is 16.5. The fourth-order valence-corrected chi connectivity index (χ4v) is 1.43. The second-order valence-electron chi connectivity index (χ2n) is 2.67. The Morgan fingerprint density at radius 2 is 2.50 bits per heavy atom. The van der Waals surface area contributed by atoms with Gasteiger partial charge in [-0.2, -0.15) is 10.3 Å². The maximum atomic E-state index is 10.9. The summed E-state index contributed by atoms with van der Waals surface area (Å²) in [6.45, 7) is 0.984. The number of hydroxylamine groups is 1. The Labute approximate surface area is 58.7 Å². The van der Waals surface area contributed by atoms with Gasteiger partial charge in [-0.15, -0.1) is 0 Å². The molecule has 2 heterocycles. The van der Waals surface area contributed by atoms with Crippen molar-refractivity contribution in [1.29, 1.82) is 0 Å². The van der Waals surface area contributed by atoms with Crippen molar-refractivity contribution in [3.8, 4) is 0 Å². The molecule has 0 bridgehead atoms. The minimum absolute atomic E-state index is 0.0220. The normalized spacial score (nSPS) is 38.2. The van der Waals surface area contributed by atoms with Crippen molar-refractivity contribution >= 4 is 0 Å². The summed E-state index contributed by atoms with van der Waals surface area (Å²) in [6.07, 6.45) is 2.10. The molecule has 0 aromatic heterocycles. The summed E-state index contributed by atoms with van der Waals surface area (Å²) in [4.78, 5) is 0.761. The molecule has 2 unspecified atom stereocenters. The summed E-state index contributed by atoms with van der Waals surface area (Å²) < 4.78 is 0. The maximum Gasteiger partial charge on any atom is 0.209 e. The molecule has 2 rings (SSSR count). The second-order valence-corrected chi connectivity index (χ2v) is 2.67. The minimum atomic E-state index is 0.0220. The van der Waals surface area contributed by atoms with Crippen LogP contribution in [0.25, 0.3) is 0 Å². The highest BCUT2D eigenvalue weighted by Gasteiger charge is 2.36. The van der Waals surface area contributed by atoms with Crippen molar-refractivity contribution in [1.82, 2.24) is 10.7 Å². The lowest BCUT2D eigenvalue weighted by Gasteiger charge is -2.22. The molecule has 0 saturated carbocycles. The maximum absolute atomic E-state index is 10.9. The van der Waals surface area contributed by atoms with E-state index in [1.807, 2.05) is 0 Å².